The lowest BCUT2D eigenvalue weighted by molar-refractivity contribution is 0.100. The van der Waals surface area contributed by atoms with Crippen LogP contribution in [0.15, 0.2) is 48.5 Å². The Morgan fingerprint density at radius 1 is 1.12 bits per heavy atom. The summed E-state index contributed by atoms with van der Waals surface area (Å²) in [5.41, 5.74) is 9.47. The number of carbonyl (C=O) groups excluding carboxylic acids is 1. The van der Waals surface area contributed by atoms with E-state index in [1.165, 1.54) is 4.80 Å². The highest BCUT2D eigenvalue weighted by atomic mass is 16.1. The monoisotopic (exact) mass is 318 g/mol. The molecule has 0 saturated heterocycles. The number of nitrogens with zero attached hydrogens (tertiary/aromatic N) is 4. The van der Waals surface area contributed by atoms with Crippen molar-refractivity contribution in [3.05, 3.63) is 54.1 Å². The van der Waals surface area contributed by atoms with E-state index < -0.39 is 5.91 Å². The fourth-order valence-electron chi connectivity index (χ4n) is 2.79. The van der Waals surface area contributed by atoms with Gasteiger partial charge in [-0.1, -0.05) is 30.3 Å². The minimum atomic E-state index is -0.448. The molecule has 0 bridgehead atoms. The van der Waals surface area contributed by atoms with Crippen LogP contribution in [0.4, 0.5) is 0 Å². The molecule has 118 valence electrons. The van der Waals surface area contributed by atoms with E-state index in [1.54, 1.807) is 19.2 Å². The zero-order valence-corrected chi connectivity index (χ0v) is 12.9. The highest BCUT2D eigenvalue weighted by Gasteiger charge is 2.18. The van der Waals surface area contributed by atoms with Crippen LogP contribution in [0.1, 0.15) is 10.4 Å². The van der Waals surface area contributed by atoms with Crippen molar-refractivity contribution in [1.29, 1.82) is 0 Å². The van der Waals surface area contributed by atoms with Gasteiger partial charge in [-0.2, -0.15) is 4.80 Å². The second kappa shape index (κ2) is 5.31. The highest BCUT2D eigenvalue weighted by Crippen LogP contribution is 2.36. The summed E-state index contributed by atoms with van der Waals surface area (Å²) in [6.45, 7) is 0. The number of hydrogen-bond donors (Lipinski definition) is 2. The second-order valence-electron chi connectivity index (χ2n) is 5.46. The lowest BCUT2D eigenvalue weighted by Gasteiger charge is -2.04. The van der Waals surface area contributed by atoms with E-state index in [4.69, 9.17) is 5.73 Å². The third kappa shape index (κ3) is 2.23. The number of primary amides is 1. The molecule has 0 aliphatic rings. The summed E-state index contributed by atoms with van der Waals surface area (Å²) in [5, 5.41) is 13.4. The first kappa shape index (κ1) is 14.1. The van der Waals surface area contributed by atoms with Gasteiger partial charge in [0.15, 0.2) is 0 Å². The Morgan fingerprint density at radius 3 is 2.54 bits per heavy atom. The number of aromatic amines is 1. The Hall–Kier alpha value is -3.48. The van der Waals surface area contributed by atoms with Gasteiger partial charge in [0.25, 0.3) is 0 Å². The van der Waals surface area contributed by atoms with Gasteiger partial charge in [0.2, 0.25) is 11.7 Å². The fraction of sp³-hybridized carbons (Fsp3) is 0.0588. The van der Waals surface area contributed by atoms with E-state index in [2.05, 4.69) is 20.4 Å². The topological polar surface area (TPSA) is 102 Å². The summed E-state index contributed by atoms with van der Waals surface area (Å²) in [5.74, 6) is 0.0685. The molecule has 2 heterocycles. The first-order valence-corrected chi connectivity index (χ1v) is 7.39. The number of benzene rings is 2. The molecule has 1 amide bonds. The lowest BCUT2D eigenvalue weighted by atomic mass is 10.00. The molecular weight excluding hydrogens is 304 g/mol. The standard InChI is InChI=1S/C17H14N6O/c1-23-21-17(20-22-23)15-14(12-4-2-3-5-13(12)19-15)10-6-8-11(9-7-10)16(18)24/h2-9,19H,1H3,(H2,18,24). The molecule has 0 radical (unpaired) electrons. The van der Waals surface area contributed by atoms with Crippen LogP contribution in [0, 0.1) is 0 Å². The minimum absolute atomic E-state index is 0.448. The van der Waals surface area contributed by atoms with Gasteiger partial charge < -0.3 is 10.7 Å². The maximum Gasteiger partial charge on any atom is 0.248 e. The second-order valence-corrected chi connectivity index (χ2v) is 5.46. The van der Waals surface area contributed by atoms with Crippen LogP contribution in [0.3, 0.4) is 0 Å². The third-order valence-corrected chi connectivity index (χ3v) is 3.90. The normalized spacial score (nSPS) is 11.0. The van der Waals surface area contributed by atoms with Crippen LogP contribution < -0.4 is 5.73 Å². The van der Waals surface area contributed by atoms with Crippen molar-refractivity contribution in [3.8, 4) is 22.6 Å². The van der Waals surface area contributed by atoms with Crippen LogP contribution >= 0.6 is 0 Å². The smallest absolute Gasteiger partial charge is 0.248 e. The zero-order valence-electron chi connectivity index (χ0n) is 12.9. The van der Waals surface area contributed by atoms with Gasteiger partial charge >= 0.3 is 0 Å². The molecule has 0 aliphatic carbocycles. The highest BCUT2D eigenvalue weighted by molar-refractivity contribution is 6.03. The van der Waals surface area contributed by atoms with E-state index in [-0.39, 0.29) is 0 Å². The molecule has 0 fully saturated rings. The van der Waals surface area contributed by atoms with Crippen LogP contribution in [0.25, 0.3) is 33.5 Å². The summed E-state index contributed by atoms with van der Waals surface area (Å²) < 4.78 is 0. The number of para-hydroxylation sites is 1. The van der Waals surface area contributed by atoms with Crippen LogP contribution in [0.2, 0.25) is 0 Å². The van der Waals surface area contributed by atoms with Crippen molar-refractivity contribution in [1.82, 2.24) is 25.2 Å². The van der Waals surface area contributed by atoms with Crippen LogP contribution in [-0.4, -0.2) is 31.1 Å². The van der Waals surface area contributed by atoms with Crippen molar-refractivity contribution in [2.75, 3.05) is 0 Å². The Bertz CT molecular complexity index is 1040. The van der Waals surface area contributed by atoms with Crippen molar-refractivity contribution >= 4 is 16.8 Å². The molecule has 24 heavy (non-hydrogen) atoms. The van der Waals surface area contributed by atoms with Crippen molar-refractivity contribution in [2.24, 2.45) is 12.8 Å². The van der Waals surface area contributed by atoms with E-state index in [0.29, 0.717) is 11.4 Å². The molecule has 0 spiro atoms. The van der Waals surface area contributed by atoms with Gasteiger partial charge in [0, 0.05) is 22.0 Å². The Labute approximate surface area is 137 Å². The number of nitrogens with two attached hydrogens (primary N) is 1. The van der Waals surface area contributed by atoms with Crippen LogP contribution in [-0.2, 0) is 7.05 Å². The van der Waals surface area contributed by atoms with Crippen molar-refractivity contribution in [3.63, 3.8) is 0 Å². The molecule has 0 saturated carbocycles. The SMILES string of the molecule is Cn1nnc(-c2[nH]c3ccccc3c2-c2ccc(C(N)=O)cc2)n1. The number of fused-ring (bicyclic) bond motifs is 1. The molecule has 2 aromatic heterocycles. The average molecular weight is 318 g/mol. The molecule has 0 atom stereocenters. The van der Waals surface area contributed by atoms with Gasteiger partial charge in [-0.15, -0.1) is 10.2 Å². The summed E-state index contributed by atoms with van der Waals surface area (Å²) in [7, 11) is 1.72. The Kier molecular flexibility index (Phi) is 3.13. The average Bonchev–Trinajstić information content (AvgIpc) is 3.18. The number of tetrazole rings is 1. The Balaban J connectivity index is 1.97. The van der Waals surface area contributed by atoms with E-state index in [0.717, 1.165) is 27.7 Å². The minimum Gasteiger partial charge on any atom is -0.366 e. The number of H-pyrrole nitrogens is 1. The number of nitrogens with one attached hydrogen (secondary N) is 1. The molecule has 2 aromatic carbocycles. The first-order chi connectivity index (χ1) is 11.6. The largest absolute Gasteiger partial charge is 0.366 e. The number of aromatic nitrogens is 5. The fourth-order valence-corrected chi connectivity index (χ4v) is 2.79. The molecule has 7 nitrogen and oxygen atoms in total. The Morgan fingerprint density at radius 2 is 1.88 bits per heavy atom. The molecular formula is C17H14N6O. The number of hydrogen-bond acceptors (Lipinski definition) is 4. The predicted molar refractivity (Wildman–Crippen MR) is 90.0 cm³/mol. The van der Waals surface area contributed by atoms with Gasteiger partial charge in [-0.25, -0.2) is 0 Å². The molecule has 4 rings (SSSR count). The maximum absolute atomic E-state index is 11.3. The molecule has 4 aromatic rings. The molecule has 3 N–H and O–H groups in total. The summed E-state index contributed by atoms with van der Waals surface area (Å²) in [6, 6.07) is 15.1. The van der Waals surface area contributed by atoms with E-state index in [9.17, 15) is 4.79 Å². The van der Waals surface area contributed by atoms with E-state index >= 15 is 0 Å². The first-order valence-electron chi connectivity index (χ1n) is 7.39. The van der Waals surface area contributed by atoms with Crippen molar-refractivity contribution in [2.45, 2.75) is 0 Å². The summed E-state index contributed by atoms with van der Waals surface area (Å²) in [4.78, 5) is 16.1. The number of carbonyl (C=O) groups is 1. The third-order valence-electron chi connectivity index (χ3n) is 3.90. The quantitative estimate of drug-likeness (QED) is 0.604. The molecule has 7 heteroatoms. The number of rotatable bonds is 3. The summed E-state index contributed by atoms with van der Waals surface area (Å²) >= 11 is 0. The maximum atomic E-state index is 11.3. The van der Waals surface area contributed by atoms with Gasteiger partial charge in [0.1, 0.15) is 0 Å². The number of amides is 1. The van der Waals surface area contributed by atoms with Crippen molar-refractivity contribution < 1.29 is 4.79 Å². The van der Waals surface area contributed by atoms with E-state index in [1.807, 2.05) is 36.4 Å². The van der Waals surface area contributed by atoms with Gasteiger partial charge in [0.05, 0.1) is 12.7 Å². The molecule has 0 aliphatic heterocycles. The van der Waals surface area contributed by atoms with Gasteiger partial charge in [-0.05, 0) is 29.0 Å². The van der Waals surface area contributed by atoms with Gasteiger partial charge in [-0.3, -0.25) is 4.79 Å². The summed E-state index contributed by atoms with van der Waals surface area (Å²) in [6.07, 6.45) is 0. The lowest BCUT2D eigenvalue weighted by Crippen LogP contribution is -2.10. The number of aryl methyl sites for hydroxylation is 1. The predicted octanol–water partition coefficient (Wildman–Crippen LogP) is 2.12. The zero-order chi connectivity index (χ0) is 16.7. The molecule has 0 unspecified atom stereocenters. The van der Waals surface area contributed by atoms with Crippen LogP contribution in [0.5, 0.6) is 0 Å².